The maximum atomic E-state index is 13.0. The second-order valence-electron chi connectivity index (χ2n) is 4.66. The molecule has 1 aromatic carbocycles. The number of hydrogen-bond donors (Lipinski definition) is 1. The van der Waals surface area contributed by atoms with Gasteiger partial charge in [0.05, 0.1) is 0 Å². The Labute approximate surface area is 125 Å². The van der Waals surface area contributed by atoms with E-state index < -0.39 is 11.6 Å². The number of benzene rings is 1. The van der Waals surface area contributed by atoms with Gasteiger partial charge in [0, 0.05) is 43.1 Å². The van der Waals surface area contributed by atoms with Crippen LogP contribution < -0.4 is 5.32 Å². The topological polar surface area (TPSA) is 49.4 Å². The predicted molar refractivity (Wildman–Crippen MR) is 75.9 cm³/mol. The lowest BCUT2D eigenvalue weighted by atomic mass is 10.3. The Kier molecular flexibility index (Phi) is 5.55. The van der Waals surface area contributed by atoms with Gasteiger partial charge in [0.1, 0.15) is 0 Å². The summed E-state index contributed by atoms with van der Waals surface area (Å²) in [5.74, 6) is -1.34. The van der Waals surface area contributed by atoms with Crippen LogP contribution in [0.1, 0.15) is 12.8 Å². The molecule has 2 rings (SSSR count). The first-order chi connectivity index (χ1) is 10.1. The minimum absolute atomic E-state index is 0.0263. The number of carbonyl (C=O) groups is 2. The maximum Gasteiger partial charge on any atom is 0.223 e. The minimum Gasteiger partial charge on any atom is -0.354 e. The third-order valence-corrected chi connectivity index (χ3v) is 4.14. The molecule has 21 heavy (non-hydrogen) atoms. The van der Waals surface area contributed by atoms with E-state index in [1.165, 1.54) is 17.8 Å². The fraction of sp³-hybridized carbons (Fsp3) is 0.429. The van der Waals surface area contributed by atoms with Crippen molar-refractivity contribution in [2.45, 2.75) is 17.7 Å². The zero-order valence-corrected chi connectivity index (χ0v) is 12.2. The molecule has 0 unspecified atom stereocenters. The molecule has 0 spiro atoms. The molecule has 1 heterocycles. The Bertz CT molecular complexity index is 540. The van der Waals surface area contributed by atoms with Crippen molar-refractivity contribution in [3.8, 4) is 0 Å². The summed E-state index contributed by atoms with van der Waals surface area (Å²) < 4.78 is 25.8. The highest BCUT2D eigenvalue weighted by molar-refractivity contribution is 7.99. The summed E-state index contributed by atoms with van der Waals surface area (Å²) in [6.07, 6.45) is 0.625. The lowest BCUT2D eigenvalue weighted by molar-refractivity contribution is -0.130. The largest absolute Gasteiger partial charge is 0.354 e. The lowest BCUT2D eigenvalue weighted by Crippen LogP contribution is -2.34. The fourth-order valence-corrected chi connectivity index (χ4v) is 2.86. The van der Waals surface area contributed by atoms with Crippen molar-refractivity contribution in [2.24, 2.45) is 0 Å². The van der Waals surface area contributed by atoms with E-state index in [2.05, 4.69) is 5.32 Å². The third kappa shape index (κ3) is 4.70. The fourth-order valence-electron chi connectivity index (χ4n) is 2.00. The van der Waals surface area contributed by atoms with Crippen LogP contribution in [0.5, 0.6) is 0 Å². The summed E-state index contributed by atoms with van der Waals surface area (Å²) in [4.78, 5) is 25.4. The SMILES string of the molecule is O=C1CCN(C(=O)CCSc2ccc(F)c(F)c2)CCN1. The van der Waals surface area contributed by atoms with Crippen LogP contribution in [0.2, 0.25) is 0 Å². The van der Waals surface area contributed by atoms with Crippen molar-refractivity contribution in [2.75, 3.05) is 25.4 Å². The maximum absolute atomic E-state index is 13.0. The Morgan fingerprint density at radius 1 is 1.29 bits per heavy atom. The molecule has 1 N–H and O–H groups in total. The number of rotatable bonds is 4. The molecule has 7 heteroatoms. The van der Waals surface area contributed by atoms with Crippen LogP contribution in [0, 0.1) is 11.6 Å². The zero-order chi connectivity index (χ0) is 15.2. The second-order valence-corrected chi connectivity index (χ2v) is 5.82. The van der Waals surface area contributed by atoms with Crippen molar-refractivity contribution in [1.82, 2.24) is 10.2 Å². The van der Waals surface area contributed by atoms with Crippen LogP contribution in [0.3, 0.4) is 0 Å². The molecule has 0 aliphatic carbocycles. The average Bonchev–Trinajstić information content (AvgIpc) is 2.67. The number of hydrogen-bond acceptors (Lipinski definition) is 3. The molecule has 4 nitrogen and oxygen atoms in total. The summed E-state index contributed by atoms with van der Waals surface area (Å²) in [7, 11) is 0. The number of thioether (sulfide) groups is 1. The Morgan fingerprint density at radius 2 is 2.10 bits per heavy atom. The smallest absolute Gasteiger partial charge is 0.223 e. The van der Waals surface area contributed by atoms with E-state index >= 15 is 0 Å². The second kappa shape index (κ2) is 7.40. The van der Waals surface area contributed by atoms with Gasteiger partial charge in [-0.05, 0) is 18.2 Å². The van der Waals surface area contributed by atoms with Crippen molar-refractivity contribution in [3.63, 3.8) is 0 Å². The molecule has 1 aliphatic rings. The highest BCUT2D eigenvalue weighted by atomic mass is 32.2. The molecule has 0 bridgehead atoms. The molecule has 1 aromatic rings. The summed E-state index contributed by atoms with van der Waals surface area (Å²) in [5, 5.41) is 2.71. The molecule has 0 saturated carbocycles. The summed E-state index contributed by atoms with van der Waals surface area (Å²) in [5.41, 5.74) is 0. The Morgan fingerprint density at radius 3 is 2.86 bits per heavy atom. The molecule has 0 radical (unpaired) electrons. The van der Waals surface area contributed by atoms with Gasteiger partial charge in [0.25, 0.3) is 0 Å². The number of nitrogens with one attached hydrogen (secondary N) is 1. The van der Waals surface area contributed by atoms with Crippen LogP contribution in [-0.2, 0) is 9.59 Å². The molecule has 0 aromatic heterocycles. The van der Waals surface area contributed by atoms with Gasteiger partial charge in [0.15, 0.2) is 11.6 Å². The first kappa shape index (κ1) is 15.8. The van der Waals surface area contributed by atoms with E-state index in [1.807, 2.05) is 0 Å². The van der Waals surface area contributed by atoms with E-state index in [9.17, 15) is 18.4 Å². The molecule has 2 amide bonds. The molecule has 1 aliphatic heterocycles. The standard InChI is InChI=1S/C14H16F2N2O2S/c15-11-2-1-10(9-12(11)16)21-8-4-14(20)18-6-3-13(19)17-5-7-18/h1-2,9H,3-8H2,(H,17,19). The van der Waals surface area contributed by atoms with E-state index in [4.69, 9.17) is 0 Å². The number of nitrogens with zero attached hydrogens (tertiary/aromatic N) is 1. The molecular formula is C14H16F2N2O2S. The molecular weight excluding hydrogens is 298 g/mol. The highest BCUT2D eigenvalue weighted by Crippen LogP contribution is 2.21. The van der Waals surface area contributed by atoms with E-state index in [1.54, 1.807) is 4.90 Å². The van der Waals surface area contributed by atoms with Gasteiger partial charge in [-0.25, -0.2) is 8.78 Å². The number of halogens is 2. The van der Waals surface area contributed by atoms with Gasteiger partial charge >= 0.3 is 0 Å². The molecule has 0 atom stereocenters. The summed E-state index contributed by atoms with van der Waals surface area (Å²) in [6, 6.07) is 3.69. The van der Waals surface area contributed by atoms with Crippen molar-refractivity contribution in [1.29, 1.82) is 0 Å². The van der Waals surface area contributed by atoms with Crippen LogP contribution >= 0.6 is 11.8 Å². The molecule has 114 valence electrons. The van der Waals surface area contributed by atoms with Crippen LogP contribution in [0.15, 0.2) is 23.1 Å². The van der Waals surface area contributed by atoms with E-state index in [0.29, 0.717) is 43.1 Å². The highest BCUT2D eigenvalue weighted by Gasteiger charge is 2.17. The van der Waals surface area contributed by atoms with E-state index in [-0.39, 0.29) is 11.8 Å². The predicted octanol–water partition coefficient (Wildman–Crippen LogP) is 1.80. The average molecular weight is 314 g/mol. The van der Waals surface area contributed by atoms with Crippen molar-refractivity contribution in [3.05, 3.63) is 29.8 Å². The Balaban J connectivity index is 1.78. The summed E-state index contributed by atoms with van der Waals surface area (Å²) >= 11 is 1.30. The minimum atomic E-state index is -0.886. The van der Waals surface area contributed by atoms with Gasteiger partial charge in [-0.1, -0.05) is 0 Å². The van der Waals surface area contributed by atoms with Crippen molar-refractivity contribution >= 4 is 23.6 Å². The lowest BCUT2D eigenvalue weighted by Gasteiger charge is -2.19. The van der Waals surface area contributed by atoms with Crippen LogP contribution in [0.4, 0.5) is 8.78 Å². The van der Waals surface area contributed by atoms with Gasteiger partial charge < -0.3 is 10.2 Å². The molecule has 1 saturated heterocycles. The first-order valence-electron chi connectivity index (χ1n) is 6.68. The van der Waals surface area contributed by atoms with Gasteiger partial charge in [-0.3, -0.25) is 9.59 Å². The third-order valence-electron chi connectivity index (χ3n) is 3.14. The zero-order valence-electron chi connectivity index (χ0n) is 11.4. The van der Waals surface area contributed by atoms with Gasteiger partial charge in [-0.15, -0.1) is 11.8 Å². The number of amides is 2. The van der Waals surface area contributed by atoms with E-state index in [0.717, 1.165) is 12.1 Å². The monoisotopic (exact) mass is 314 g/mol. The first-order valence-corrected chi connectivity index (χ1v) is 7.67. The van der Waals surface area contributed by atoms with Crippen LogP contribution in [-0.4, -0.2) is 42.1 Å². The summed E-state index contributed by atoms with van der Waals surface area (Å²) in [6.45, 7) is 1.42. The molecule has 1 fully saturated rings. The van der Waals surface area contributed by atoms with Crippen molar-refractivity contribution < 1.29 is 18.4 Å². The normalized spacial score (nSPS) is 15.5. The van der Waals surface area contributed by atoms with Crippen LogP contribution in [0.25, 0.3) is 0 Å². The quantitative estimate of drug-likeness (QED) is 0.862. The van der Waals surface area contributed by atoms with Gasteiger partial charge in [0.2, 0.25) is 11.8 Å². The van der Waals surface area contributed by atoms with Gasteiger partial charge in [-0.2, -0.15) is 0 Å². The number of carbonyl (C=O) groups excluding carboxylic acids is 2. The Hall–Kier alpha value is -1.63.